The van der Waals surface area contributed by atoms with Crippen LogP contribution in [-0.4, -0.2) is 84.4 Å². The molecule has 1 amide bonds. The Morgan fingerprint density at radius 2 is 1.86 bits per heavy atom. The molecule has 0 radical (unpaired) electrons. The van der Waals surface area contributed by atoms with Crippen molar-refractivity contribution in [2.75, 3.05) is 39.4 Å². The molecule has 9 heteroatoms. The van der Waals surface area contributed by atoms with E-state index in [2.05, 4.69) is 27.8 Å². The first-order valence-electron chi connectivity index (χ1n) is 10.3. The first kappa shape index (κ1) is 19.4. The van der Waals surface area contributed by atoms with Crippen LogP contribution >= 0.6 is 0 Å². The Morgan fingerprint density at radius 3 is 2.64 bits per heavy atom. The number of nitrogens with one attached hydrogen (secondary N) is 2. The summed E-state index contributed by atoms with van der Waals surface area (Å²) in [6.07, 6.45) is 3.45. The molecule has 0 spiro atoms. The second kappa shape index (κ2) is 8.20. The summed E-state index contributed by atoms with van der Waals surface area (Å²) in [5.41, 5.74) is 0. The maximum atomic E-state index is 14.1. The molecule has 0 aromatic carbocycles. The van der Waals surface area contributed by atoms with Crippen LogP contribution < -0.4 is 10.6 Å². The summed E-state index contributed by atoms with van der Waals surface area (Å²) < 4.78 is 14.1. The van der Waals surface area contributed by atoms with Crippen molar-refractivity contribution in [1.29, 1.82) is 10.5 Å². The first-order valence-corrected chi connectivity index (χ1v) is 10.3. The average molecular weight is 389 g/mol. The van der Waals surface area contributed by atoms with Gasteiger partial charge in [-0.15, -0.1) is 0 Å². The summed E-state index contributed by atoms with van der Waals surface area (Å²) in [4.78, 5) is 18.9. The number of rotatable bonds is 2. The van der Waals surface area contributed by atoms with E-state index < -0.39 is 6.17 Å². The van der Waals surface area contributed by atoms with Crippen molar-refractivity contribution in [2.24, 2.45) is 11.8 Å². The lowest BCUT2D eigenvalue weighted by atomic mass is 9.76. The normalized spacial score (nSPS) is 39.8. The van der Waals surface area contributed by atoms with Gasteiger partial charge in [-0.25, -0.2) is 4.39 Å². The SMILES string of the molecule is N#CC1CC(F)CC(C2CC(N3CCN4CCN(C#N)C[C@@H]4C3=O)NCN2)C1. The number of carbonyl (C=O) groups is 1. The summed E-state index contributed by atoms with van der Waals surface area (Å²) in [6.45, 7) is 3.94. The van der Waals surface area contributed by atoms with Gasteiger partial charge in [-0.2, -0.15) is 10.5 Å². The summed E-state index contributed by atoms with van der Waals surface area (Å²) in [5, 5.41) is 25.2. The third-order valence-electron chi connectivity index (χ3n) is 6.82. The molecule has 0 aromatic rings. The largest absolute Gasteiger partial charge is 0.324 e. The fourth-order valence-electron chi connectivity index (χ4n) is 5.30. The zero-order chi connectivity index (χ0) is 19.7. The minimum absolute atomic E-state index is 0.0752. The monoisotopic (exact) mass is 389 g/mol. The average Bonchev–Trinajstić information content (AvgIpc) is 2.73. The molecule has 4 fully saturated rings. The zero-order valence-electron chi connectivity index (χ0n) is 16.1. The number of amides is 1. The van der Waals surface area contributed by atoms with Crippen molar-refractivity contribution in [3.8, 4) is 12.3 Å². The molecule has 28 heavy (non-hydrogen) atoms. The summed E-state index contributed by atoms with van der Waals surface area (Å²) in [7, 11) is 0. The molecule has 2 N–H and O–H groups in total. The molecule has 1 aliphatic carbocycles. The molecule has 3 saturated heterocycles. The predicted octanol–water partition coefficient (Wildman–Crippen LogP) is -0.191. The quantitative estimate of drug-likeness (QED) is 0.632. The Kier molecular flexibility index (Phi) is 5.68. The molecule has 4 rings (SSSR count). The van der Waals surface area contributed by atoms with E-state index in [4.69, 9.17) is 0 Å². The second-order valence-corrected chi connectivity index (χ2v) is 8.46. The van der Waals surface area contributed by atoms with Crippen molar-refractivity contribution >= 4 is 5.91 Å². The number of nitrogens with zero attached hydrogens (tertiary/aromatic N) is 5. The molecule has 1 saturated carbocycles. The summed E-state index contributed by atoms with van der Waals surface area (Å²) in [5.74, 6) is -0.0160. The van der Waals surface area contributed by atoms with Gasteiger partial charge < -0.3 is 15.1 Å². The summed E-state index contributed by atoms with van der Waals surface area (Å²) >= 11 is 0. The van der Waals surface area contributed by atoms with Crippen molar-refractivity contribution in [2.45, 2.75) is 50.1 Å². The molecule has 3 heterocycles. The van der Waals surface area contributed by atoms with Crippen LogP contribution in [0.25, 0.3) is 0 Å². The molecule has 6 atom stereocenters. The Balaban J connectivity index is 1.41. The van der Waals surface area contributed by atoms with Gasteiger partial charge >= 0.3 is 0 Å². The van der Waals surface area contributed by atoms with Gasteiger partial charge in [-0.05, 0) is 31.6 Å². The van der Waals surface area contributed by atoms with E-state index in [1.54, 1.807) is 4.90 Å². The van der Waals surface area contributed by atoms with Gasteiger partial charge in [0.05, 0.1) is 18.8 Å². The van der Waals surface area contributed by atoms with E-state index >= 15 is 0 Å². The van der Waals surface area contributed by atoms with E-state index in [0.717, 1.165) is 25.9 Å². The number of alkyl halides is 1. The minimum atomic E-state index is -0.914. The molecule has 4 aliphatic rings. The number of piperazine rings is 2. The lowest BCUT2D eigenvalue weighted by Crippen LogP contribution is -2.69. The Bertz CT molecular complexity index is 676. The number of hydrogen-bond acceptors (Lipinski definition) is 7. The molecule has 3 aliphatic heterocycles. The van der Waals surface area contributed by atoms with Gasteiger partial charge in [0.2, 0.25) is 5.91 Å². The Labute approximate surface area is 165 Å². The highest BCUT2D eigenvalue weighted by Gasteiger charge is 2.43. The standard InChI is InChI=1S/C19H28FN7O/c20-15-6-13(9-21)5-14(7-15)16-8-18(24-12-23-16)27-4-3-26-2-1-25(11-22)10-17(26)19(27)28/h13-18,23-24H,1-8,10,12H2/t13?,14?,15?,16?,17-,18?/m1/s1. The van der Waals surface area contributed by atoms with E-state index in [-0.39, 0.29) is 36.0 Å². The van der Waals surface area contributed by atoms with Gasteiger partial charge in [0.25, 0.3) is 0 Å². The minimum Gasteiger partial charge on any atom is -0.324 e. The maximum absolute atomic E-state index is 14.1. The summed E-state index contributed by atoms with van der Waals surface area (Å²) in [6, 6.07) is 2.09. The van der Waals surface area contributed by atoms with E-state index in [1.165, 1.54) is 0 Å². The number of hydrogen-bond donors (Lipinski definition) is 2. The number of carbonyl (C=O) groups excluding carboxylic acids is 1. The molecule has 0 bridgehead atoms. The highest BCUT2D eigenvalue weighted by molar-refractivity contribution is 5.83. The third kappa shape index (κ3) is 3.80. The van der Waals surface area contributed by atoms with Crippen LogP contribution in [0.2, 0.25) is 0 Å². The smallest absolute Gasteiger partial charge is 0.243 e. The molecular weight excluding hydrogens is 361 g/mol. The topological polar surface area (TPSA) is 98.4 Å². The van der Waals surface area contributed by atoms with Gasteiger partial charge in [0, 0.05) is 44.8 Å². The van der Waals surface area contributed by atoms with Crippen molar-refractivity contribution < 1.29 is 9.18 Å². The molecule has 8 nitrogen and oxygen atoms in total. The lowest BCUT2D eigenvalue weighted by molar-refractivity contribution is -0.149. The lowest BCUT2D eigenvalue weighted by Gasteiger charge is -2.49. The van der Waals surface area contributed by atoms with Gasteiger partial charge in [0.15, 0.2) is 6.19 Å². The fourth-order valence-corrected chi connectivity index (χ4v) is 5.30. The molecular formula is C19H28FN7O. The van der Waals surface area contributed by atoms with E-state index in [0.29, 0.717) is 39.1 Å². The van der Waals surface area contributed by atoms with Crippen LogP contribution in [0.1, 0.15) is 25.7 Å². The van der Waals surface area contributed by atoms with Gasteiger partial charge in [0.1, 0.15) is 12.2 Å². The van der Waals surface area contributed by atoms with Gasteiger partial charge in [-0.1, -0.05) is 0 Å². The zero-order valence-corrected chi connectivity index (χ0v) is 16.1. The van der Waals surface area contributed by atoms with Gasteiger partial charge in [-0.3, -0.25) is 15.0 Å². The Hall–Kier alpha value is -1.94. The highest BCUT2D eigenvalue weighted by atomic mass is 19.1. The fraction of sp³-hybridized carbons (Fsp3) is 0.842. The number of nitriles is 2. The maximum Gasteiger partial charge on any atom is 0.243 e. The third-order valence-corrected chi connectivity index (χ3v) is 6.82. The van der Waals surface area contributed by atoms with Crippen LogP contribution in [-0.2, 0) is 4.79 Å². The predicted molar refractivity (Wildman–Crippen MR) is 98.9 cm³/mol. The van der Waals surface area contributed by atoms with Crippen molar-refractivity contribution in [3.63, 3.8) is 0 Å². The first-order chi connectivity index (χ1) is 13.6. The van der Waals surface area contributed by atoms with Crippen LogP contribution in [0.5, 0.6) is 0 Å². The van der Waals surface area contributed by atoms with Crippen LogP contribution in [0.15, 0.2) is 0 Å². The molecule has 152 valence electrons. The van der Waals surface area contributed by atoms with E-state index in [9.17, 15) is 19.7 Å². The van der Waals surface area contributed by atoms with E-state index in [1.807, 2.05) is 4.90 Å². The number of fused-ring (bicyclic) bond motifs is 1. The highest BCUT2D eigenvalue weighted by Crippen LogP contribution is 2.35. The Morgan fingerprint density at radius 1 is 1.04 bits per heavy atom. The number of halogens is 1. The van der Waals surface area contributed by atoms with Crippen LogP contribution in [0, 0.1) is 34.6 Å². The molecule has 5 unspecified atom stereocenters. The molecule has 0 aromatic heterocycles. The van der Waals surface area contributed by atoms with Crippen LogP contribution in [0.3, 0.4) is 0 Å². The van der Waals surface area contributed by atoms with Crippen LogP contribution in [0.4, 0.5) is 4.39 Å². The second-order valence-electron chi connectivity index (χ2n) is 8.46. The van der Waals surface area contributed by atoms with Crippen molar-refractivity contribution in [3.05, 3.63) is 0 Å². The van der Waals surface area contributed by atoms with Crippen molar-refractivity contribution in [1.82, 2.24) is 25.3 Å².